The first kappa shape index (κ1) is 38.2. The minimum Gasteiger partial charge on any atom is -0.394 e. The number of rotatable bonds is 18. The summed E-state index contributed by atoms with van der Waals surface area (Å²) in [6.07, 6.45) is -7.71. The van der Waals surface area contributed by atoms with Crippen molar-refractivity contribution in [1.82, 2.24) is 21.3 Å². The smallest absolute Gasteiger partial charge is 0.245 e. The molecule has 46 heavy (non-hydrogen) atoms. The largest absolute Gasteiger partial charge is 0.394 e. The fourth-order valence-electron chi connectivity index (χ4n) is 4.50. The van der Waals surface area contributed by atoms with Crippen LogP contribution < -0.4 is 38.5 Å². The molecule has 4 amide bonds. The summed E-state index contributed by atoms with van der Waals surface area (Å²) in [5.74, 6) is -3.99. The third-order valence-electron chi connectivity index (χ3n) is 7.09. The van der Waals surface area contributed by atoms with E-state index in [4.69, 9.17) is 21.9 Å². The third kappa shape index (κ3) is 11.4. The first-order valence-corrected chi connectivity index (χ1v) is 14.4. The number of benzene rings is 1. The highest BCUT2D eigenvalue weighted by Crippen LogP contribution is 2.20. The number of primary amides is 1. The van der Waals surface area contributed by atoms with Gasteiger partial charge in [0.25, 0.3) is 0 Å². The SMILES string of the molecule is NC(=O)[C@H](CO)NC(=O)[C@H](CCCN=C(N)N)NC(=O)[C@H](CO)NC(=O)[C@H](Cc1ccccc1)N[C@@H]1O[C@H](CO)[C@@H](O)[C@H](O)[C@H]1O. The van der Waals surface area contributed by atoms with E-state index in [1.54, 1.807) is 30.3 Å². The maximum atomic E-state index is 13.5. The number of nitrogens with one attached hydrogen (secondary N) is 4. The summed E-state index contributed by atoms with van der Waals surface area (Å²) in [6, 6.07) is 2.89. The average molecular weight is 657 g/mol. The van der Waals surface area contributed by atoms with Crippen LogP contribution >= 0.6 is 0 Å². The zero-order chi connectivity index (χ0) is 34.4. The number of amides is 4. The molecular formula is C27H44N8O11. The van der Waals surface area contributed by atoms with E-state index in [2.05, 4.69) is 26.3 Å². The minimum atomic E-state index is -1.73. The van der Waals surface area contributed by atoms with Crippen molar-refractivity contribution >= 4 is 29.6 Å². The molecule has 1 aliphatic rings. The molecule has 0 bridgehead atoms. The van der Waals surface area contributed by atoms with Gasteiger partial charge in [-0.05, 0) is 24.8 Å². The van der Waals surface area contributed by atoms with Crippen molar-refractivity contribution in [3.8, 4) is 0 Å². The predicted octanol–water partition coefficient (Wildman–Crippen LogP) is -7.03. The number of hydrogen-bond donors (Lipinski definition) is 13. The number of aliphatic hydroxyl groups excluding tert-OH is 6. The van der Waals surface area contributed by atoms with Crippen LogP contribution in [0.5, 0.6) is 0 Å². The Kier molecular flexibility index (Phi) is 15.7. The second-order valence-electron chi connectivity index (χ2n) is 10.6. The zero-order valence-electron chi connectivity index (χ0n) is 24.9. The fourth-order valence-corrected chi connectivity index (χ4v) is 4.50. The number of nitrogens with zero attached hydrogens (tertiary/aromatic N) is 1. The zero-order valence-corrected chi connectivity index (χ0v) is 24.9. The van der Waals surface area contributed by atoms with Gasteiger partial charge in [0.2, 0.25) is 23.6 Å². The highest BCUT2D eigenvalue weighted by atomic mass is 16.6. The van der Waals surface area contributed by atoms with Gasteiger partial charge in [-0.3, -0.25) is 29.5 Å². The predicted molar refractivity (Wildman–Crippen MR) is 160 cm³/mol. The van der Waals surface area contributed by atoms with Gasteiger partial charge in [0.05, 0.1) is 25.9 Å². The van der Waals surface area contributed by atoms with Gasteiger partial charge in [0, 0.05) is 6.54 Å². The first-order chi connectivity index (χ1) is 21.8. The second-order valence-corrected chi connectivity index (χ2v) is 10.6. The van der Waals surface area contributed by atoms with E-state index in [1.807, 2.05) is 0 Å². The maximum Gasteiger partial charge on any atom is 0.245 e. The molecule has 0 unspecified atom stereocenters. The standard InChI is InChI=1S/C27H44N8O11/c28-22(42)16(10-36)33-23(43)14(7-4-8-31-27(29)30)32-25(45)17(11-37)34-24(44)15(9-13-5-2-1-3-6-13)35-26-21(41)20(40)19(39)18(12-38)46-26/h1-3,5-6,14-21,26,35-41H,4,7-12H2,(H2,28,42)(H,32,45)(H,33,43)(H,34,44)(H4,29,30,31)/t14-,15-,16-,17-,18+,19+,20-,21+,26+/m0/s1. The average Bonchev–Trinajstić information content (AvgIpc) is 3.03. The minimum absolute atomic E-state index is 0.0348. The number of guanidine groups is 1. The van der Waals surface area contributed by atoms with Crippen molar-refractivity contribution in [2.45, 2.75) is 74.1 Å². The molecule has 1 aromatic rings. The van der Waals surface area contributed by atoms with E-state index in [1.165, 1.54) is 0 Å². The van der Waals surface area contributed by atoms with E-state index in [9.17, 15) is 49.8 Å². The van der Waals surface area contributed by atoms with E-state index in [0.29, 0.717) is 5.56 Å². The molecule has 1 saturated heterocycles. The summed E-state index contributed by atoms with van der Waals surface area (Å²) in [6.45, 7) is -2.36. The first-order valence-electron chi connectivity index (χ1n) is 14.4. The lowest BCUT2D eigenvalue weighted by Gasteiger charge is -2.41. The Morgan fingerprint density at radius 3 is 1.91 bits per heavy atom. The number of nitrogens with two attached hydrogens (primary N) is 3. The molecule has 0 radical (unpaired) electrons. The molecule has 16 N–H and O–H groups in total. The van der Waals surface area contributed by atoms with Gasteiger partial charge in [-0.1, -0.05) is 30.3 Å². The molecule has 1 aliphatic heterocycles. The number of hydrogen-bond acceptors (Lipinski definition) is 13. The fraction of sp³-hybridized carbons (Fsp3) is 0.593. The Hall–Kier alpha value is -3.95. The molecule has 0 aromatic heterocycles. The monoisotopic (exact) mass is 656 g/mol. The lowest BCUT2D eigenvalue weighted by atomic mass is 9.97. The third-order valence-corrected chi connectivity index (χ3v) is 7.09. The summed E-state index contributed by atoms with van der Waals surface area (Å²) >= 11 is 0. The van der Waals surface area contributed by atoms with Crippen molar-refractivity contribution in [2.75, 3.05) is 26.4 Å². The Balaban J connectivity index is 2.23. The molecule has 0 aliphatic carbocycles. The molecule has 19 nitrogen and oxygen atoms in total. The van der Waals surface area contributed by atoms with Gasteiger partial charge in [0.15, 0.2) is 5.96 Å². The van der Waals surface area contributed by atoms with Crippen LogP contribution in [0.1, 0.15) is 18.4 Å². The van der Waals surface area contributed by atoms with Crippen LogP contribution in [-0.2, 0) is 30.3 Å². The Labute approximate surface area is 264 Å². The molecular weight excluding hydrogens is 612 g/mol. The Bertz CT molecular complexity index is 1170. The van der Waals surface area contributed by atoms with E-state index in [-0.39, 0.29) is 31.8 Å². The van der Waals surface area contributed by atoms with Crippen molar-refractivity contribution in [3.63, 3.8) is 0 Å². The van der Waals surface area contributed by atoms with Crippen molar-refractivity contribution in [1.29, 1.82) is 0 Å². The molecule has 1 heterocycles. The van der Waals surface area contributed by atoms with E-state index >= 15 is 0 Å². The van der Waals surface area contributed by atoms with E-state index in [0.717, 1.165) is 0 Å². The van der Waals surface area contributed by atoms with Gasteiger partial charge >= 0.3 is 0 Å². The molecule has 1 aromatic carbocycles. The number of aliphatic imine (C=N–C) groups is 1. The Morgan fingerprint density at radius 1 is 0.783 bits per heavy atom. The van der Waals surface area contributed by atoms with Crippen LogP contribution in [0, 0.1) is 0 Å². The van der Waals surface area contributed by atoms with Crippen molar-refractivity contribution < 1.29 is 54.6 Å². The number of carbonyl (C=O) groups excluding carboxylic acids is 4. The molecule has 0 spiro atoms. The quantitative estimate of drug-likeness (QED) is 0.0397. The highest BCUT2D eigenvalue weighted by molar-refractivity contribution is 5.94. The van der Waals surface area contributed by atoms with Gasteiger partial charge in [-0.2, -0.15) is 0 Å². The van der Waals surface area contributed by atoms with Crippen LogP contribution in [0.15, 0.2) is 35.3 Å². The lowest BCUT2D eigenvalue weighted by molar-refractivity contribution is -0.238. The van der Waals surface area contributed by atoms with Gasteiger partial charge < -0.3 is 68.5 Å². The molecule has 2 rings (SSSR count). The Morgan fingerprint density at radius 2 is 1.35 bits per heavy atom. The van der Waals surface area contributed by atoms with Crippen molar-refractivity contribution in [2.24, 2.45) is 22.2 Å². The summed E-state index contributed by atoms with van der Waals surface area (Å²) in [5, 5.41) is 69.4. The summed E-state index contributed by atoms with van der Waals surface area (Å²) in [5.41, 5.74) is 16.4. The number of ether oxygens (including phenoxy) is 1. The molecule has 19 heteroatoms. The highest BCUT2D eigenvalue weighted by Gasteiger charge is 2.44. The normalized spacial score (nSPS) is 23.7. The molecule has 258 valence electrons. The molecule has 0 saturated carbocycles. The van der Waals surface area contributed by atoms with Crippen LogP contribution in [0.25, 0.3) is 0 Å². The number of carbonyl (C=O) groups is 4. The lowest BCUT2D eigenvalue weighted by Crippen LogP contribution is -2.66. The molecule has 9 atom stereocenters. The van der Waals surface area contributed by atoms with Crippen LogP contribution in [-0.4, -0.2) is 141 Å². The van der Waals surface area contributed by atoms with Gasteiger partial charge in [-0.25, -0.2) is 0 Å². The number of aliphatic hydroxyl groups is 6. The van der Waals surface area contributed by atoms with Gasteiger partial charge in [-0.15, -0.1) is 0 Å². The topological polar surface area (TPSA) is 337 Å². The van der Waals surface area contributed by atoms with Crippen molar-refractivity contribution in [3.05, 3.63) is 35.9 Å². The van der Waals surface area contributed by atoms with Crippen LogP contribution in [0.3, 0.4) is 0 Å². The van der Waals surface area contributed by atoms with Crippen LogP contribution in [0.4, 0.5) is 0 Å². The van der Waals surface area contributed by atoms with Crippen LogP contribution in [0.2, 0.25) is 0 Å². The molecule has 1 fully saturated rings. The summed E-state index contributed by atoms with van der Waals surface area (Å²) in [4.78, 5) is 54.9. The summed E-state index contributed by atoms with van der Waals surface area (Å²) in [7, 11) is 0. The summed E-state index contributed by atoms with van der Waals surface area (Å²) < 4.78 is 5.48. The maximum absolute atomic E-state index is 13.5. The van der Waals surface area contributed by atoms with Gasteiger partial charge in [0.1, 0.15) is 48.8 Å². The van der Waals surface area contributed by atoms with E-state index < -0.39 is 98.3 Å². The second kappa shape index (κ2) is 18.9.